The summed E-state index contributed by atoms with van der Waals surface area (Å²) in [5, 5.41) is 6.13. The van der Waals surface area contributed by atoms with Crippen molar-refractivity contribution in [2.45, 2.75) is 44.7 Å². The molecule has 0 spiro atoms. The minimum atomic E-state index is -1.20. The van der Waals surface area contributed by atoms with Crippen LogP contribution < -0.4 is 16.4 Å². The number of amides is 1. The van der Waals surface area contributed by atoms with Gasteiger partial charge in [0.25, 0.3) is 5.91 Å². The first-order valence-corrected chi connectivity index (χ1v) is 9.97. The Morgan fingerprint density at radius 1 is 1.13 bits per heavy atom. The van der Waals surface area contributed by atoms with E-state index in [1.165, 1.54) is 0 Å². The van der Waals surface area contributed by atoms with Crippen LogP contribution in [0.15, 0.2) is 48.0 Å². The molecule has 160 valence electrons. The van der Waals surface area contributed by atoms with Crippen molar-refractivity contribution >= 4 is 11.6 Å². The zero-order valence-corrected chi connectivity index (χ0v) is 17.0. The van der Waals surface area contributed by atoms with Crippen LogP contribution >= 0.6 is 0 Å². The lowest BCUT2D eigenvalue weighted by Crippen LogP contribution is -2.33. The standard InChI is InChI=1S/C23H26F3N3O/c1-13(2)29-23(30)15-4-3-5-16(9-15)28-12-14-6-7-17(22(27)8-14)18-10-20(25)21(26)11-19(18)24/h3-6,9-11,13,17,22,28H,7-8,12,27H2,1-2H3,(H,29,30). The number of carbonyl (C=O) groups is 1. The van der Waals surface area contributed by atoms with Crippen LogP contribution in [0.1, 0.15) is 48.5 Å². The molecular formula is C23H26F3N3O. The zero-order valence-electron chi connectivity index (χ0n) is 17.0. The lowest BCUT2D eigenvalue weighted by atomic mass is 9.80. The van der Waals surface area contributed by atoms with Gasteiger partial charge >= 0.3 is 0 Å². The molecule has 30 heavy (non-hydrogen) atoms. The molecule has 2 atom stereocenters. The second kappa shape index (κ2) is 9.34. The SMILES string of the molecule is CC(C)NC(=O)c1cccc(NCC2=CCC(c3cc(F)c(F)cc3F)C(N)C2)c1. The van der Waals surface area contributed by atoms with E-state index in [1.807, 2.05) is 26.0 Å². The lowest BCUT2D eigenvalue weighted by molar-refractivity contribution is 0.0943. The summed E-state index contributed by atoms with van der Waals surface area (Å²) in [6.07, 6.45) is 2.90. The van der Waals surface area contributed by atoms with Gasteiger partial charge in [-0.3, -0.25) is 4.79 Å². The summed E-state index contributed by atoms with van der Waals surface area (Å²) >= 11 is 0. The van der Waals surface area contributed by atoms with E-state index in [4.69, 9.17) is 5.73 Å². The van der Waals surface area contributed by atoms with Crippen molar-refractivity contribution in [1.29, 1.82) is 0 Å². The summed E-state index contributed by atoms with van der Waals surface area (Å²) < 4.78 is 40.9. The number of anilines is 1. The highest BCUT2D eigenvalue weighted by atomic mass is 19.2. The Morgan fingerprint density at radius 2 is 1.87 bits per heavy atom. The number of carbonyl (C=O) groups excluding carboxylic acids is 1. The van der Waals surface area contributed by atoms with Crippen molar-refractivity contribution in [3.63, 3.8) is 0 Å². The summed E-state index contributed by atoms with van der Waals surface area (Å²) in [5.41, 5.74) is 8.75. The van der Waals surface area contributed by atoms with Gasteiger partial charge in [-0.15, -0.1) is 0 Å². The minimum absolute atomic E-state index is 0.0513. The van der Waals surface area contributed by atoms with Crippen LogP contribution in [0.25, 0.3) is 0 Å². The molecule has 0 saturated heterocycles. The number of hydrogen-bond acceptors (Lipinski definition) is 3. The van der Waals surface area contributed by atoms with Crippen molar-refractivity contribution in [2.24, 2.45) is 5.73 Å². The molecular weight excluding hydrogens is 391 g/mol. The summed E-state index contributed by atoms with van der Waals surface area (Å²) in [5.74, 6) is -3.60. The highest BCUT2D eigenvalue weighted by molar-refractivity contribution is 5.95. The molecule has 1 aliphatic carbocycles. The molecule has 0 bridgehead atoms. The molecule has 1 amide bonds. The van der Waals surface area contributed by atoms with Crippen LogP contribution in [0.3, 0.4) is 0 Å². The van der Waals surface area contributed by atoms with Gasteiger partial charge in [-0.1, -0.05) is 17.7 Å². The predicted molar refractivity (Wildman–Crippen MR) is 112 cm³/mol. The number of nitrogens with two attached hydrogens (primary N) is 1. The Labute approximate surface area is 174 Å². The number of allylic oxidation sites excluding steroid dienone is 1. The molecule has 0 radical (unpaired) electrons. The van der Waals surface area contributed by atoms with E-state index in [0.717, 1.165) is 17.3 Å². The molecule has 0 saturated carbocycles. The largest absolute Gasteiger partial charge is 0.381 e. The Bertz CT molecular complexity index is 959. The predicted octanol–water partition coefficient (Wildman–Crippen LogP) is 4.49. The van der Waals surface area contributed by atoms with E-state index in [0.29, 0.717) is 31.0 Å². The fraction of sp³-hybridized carbons (Fsp3) is 0.348. The first-order valence-electron chi connectivity index (χ1n) is 9.97. The van der Waals surface area contributed by atoms with E-state index in [-0.39, 0.29) is 17.5 Å². The van der Waals surface area contributed by atoms with Crippen molar-refractivity contribution in [3.05, 3.63) is 76.6 Å². The van der Waals surface area contributed by atoms with Gasteiger partial charge in [0, 0.05) is 41.9 Å². The monoisotopic (exact) mass is 417 g/mol. The van der Waals surface area contributed by atoms with Crippen molar-refractivity contribution in [2.75, 3.05) is 11.9 Å². The van der Waals surface area contributed by atoms with E-state index >= 15 is 0 Å². The van der Waals surface area contributed by atoms with E-state index in [1.54, 1.807) is 18.2 Å². The van der Waals surface area contributed by atoms with E-state index in [9.17, 15) is 18.0 Å². The third-order valence-corrected chi connectivity index (χ3v) is 5.18. The topological polar surface area (TPSA) is 67.2 Å². The quantitative estimate of drug-likeness (QED) is 0.479. The maximum Gasteiger partial charge on any atom is 0.251 e. The smallest absolute Gasteiger partial charge is 0.251 e. The third-order valence-electron chi connectivity index (χ3n) is 5.18. The molecule has 2 unspecified atom stereocenters. The molecule has 0 heterocycles. The van der Waals surface area contributed by atoms with Gasteiger partial charge in [0.05, 0.1) is 0 Å². The number of nitrogens with one attached hydrogen (secondary N) is 2. The Hall–Kier alpha value is -2.80. The second-order valence-corrected chi connectivity index (χ2v) is 7.92. The molecule has 7 heteroatoms. The molecule has 3 rings (SSSR count). The number of benzene rings is 2. The van der Waals surface area contributed by atoms with Crippen LogP contribution in [-0.4, -0.2) is 24.5 Å². The minimum Gasteiger partial charge on any atom is -0.381 e. The van der Waals surface area contributed by atoms with Gasteiger partial charge < -0.3 is 16.4 Å². The molecule has 4 N–H and O–H groups in total. The number of halogens is 3. The molecule has 0 aliphatic heterocycles. The fourth-order valence-corrected chi connectivity index (χ4v) is 3.65. The molecule has 2 aromatic rings. The number of rotatable bonds is 6. The van der Waals surface area contributed by atoms with Crippen LogP contribution in [-0.2, 0) is 0 Å². The van der Waals surface area contributed by atoms with Crippen LogP contribution in [0.2, 0.25) is 0 Å². The first-order chi connectivity index (χ1) is 14.2. The molecule has 0 fully saturated rings. The van der Waals surface area contributed by atoms with Crippen molar-refractivity contribution in [3.8, 4) is 0 Å². The van der Waals surface area contributed by atoms with Crippen LogP contribution in [0.5, 0.6) is 0 Å². The summed E-state index contributed by atoms with van der Waals surface area (Å²) in [6, 6.07) is 8.32. The average Bonchev–Trinajstić information content (AvgIpc) is 2.69. The average molecular weight is 417 g/mol. The first kappa shape index (κ1) is 21.9. The van der Waals surface area contributed by atoms with Crippen LogP contribution in [0, 0.1) is 17.5 Å². The lowest BCUT2D eigenvalue weighted by Gasteiger charge is -2.29. The Morgan fingerprint density at radius 3 is 2.57 bits per heavy atom. The van der Waals surface area contributed by atoms with E-state index < -0.39 is 29.4 Å². The second-order valence-electron chi connectivity index (χ2n) is 7.92. The van der Waals surface area contributed by atoms with Gasteiger partial charge in [0.1, 0.15) is 5.82 Å². The van der Waals surface area contributed by atoms with Gasteiger partial charge in [0.2, 0.25) is 0 Å². The molecule has 0 aromatic heterocycles. The maximum atomic E-state index is 14.1. The highest BCUT2D eigenvalue weighted by Gasteiger charge is 2.27. The Balaban J connectivity index is 1.65. The summed E-state index contributed by atoms with van der Waals surface area (Å²) in [6.45, 7) is 4.33. The van der Waals surface area contributed by atoms with Crippen molar-refractivity contribution in [1.82, 2.24) is 5.32 Å². The molecule has 4 nitrogen and oxygen atoms in total. The van der Waals surface area contributed by atoms with Gasteiger partial charge in [0.15, 0.2) is 11.6 Å². The van der Waals surface area contributed by atoms with Crippen LogP contribution in [0.4, 0.5) is 18.9 Å². The maximum absolute atomic E-state index is 14.1. The van der Waals surface area contributed by atoms with Gasteiger partial charge in [-0.05, 0) is 56.5 Å². The zero-order chi connectivity index (χ0) is 21.8. The molecule has 1 aliphatic rings. The fourth-order valence-electron chi connectivity index (χ4n) is 3.65. The summed E-state index contributed by atoms with van der Waals surface area (Å²) in [7, 11) is 0. The van der Waals surface area contributed by atoms with Crippen molar-refractivity contribution < 1.29 is 18.0 Å². The normalized spacial score (nSPS) is 18.8. The van der Waals surface area contributed by atoms with Gasteiger partial charge in [-0.2, -0.15) is 0 Å². The summed E-state index contributed by atoms with van der Waals surface area (Å²) in [4.78, 5) is 12.2. The number of hydrogen-bond donors (Lipinski definition) is 3. The highest BCUT2D eigenvalue weighted by Crippen LogP contribution is 2.33. The Kier molecular flexibility index (Phi) is 6.82. The van der Waals surface area contributed by atoms with Gasteiger partial charge in [-0.25, -0.2) is 13.2 Å². The molecule has 2 aromatic carbocycles. The van der Waals surface area contributed by atoms with E-state index in [2.05, 4.69) is 10.6 Å². The third kappa shape index (κ3) is 5.21.